The third-order valence-corrected chi connectivity index (χ3v) is 4.43. The molecule has 0 bridgehead atoms. The minimum absolute atomic E-state index is 0.0337. The predicted octanol–water partition coefficient (Wildman–Crippen LogP) is 3.93. The highest BCUT2D eigenvalue weighted by atomic mass is 16.6. The van der Waals surface area contributed by atoms with Crippen molar-refractivity contribution in [3.8, 4) is 17.2 Å². The summed E-state index contributed by atoms with van der Waals surface area (Å²) in [7, 11) is 0. The van der Waals surface area contributed by atoms with Gasteiger partial charge >= 0.3 is 0 Å². The largest absolute Gasteiger partial charge is 0.489 e. The number of anilines is 1. The number of hydrogen-bond acceptors (Lipinski definition) is 6. The van der Waals surface area contributed by atoms with Crippen LogP contribution in [-0.4, -0.2) is 30.7 Å². The average molecular weight is 394 g/mol. The third-order valence-electron chi connectivity index (χ3n) is 4.43. The van der Waals surface area contributed by atoms with Crippen molar-refractivity contribution in [2.45, 2.75) is 6.42 Å². The second-order valence-electron chi connectivity index (χ2n) is 6.47. The fourth-order valence-electron chi connectivity index (χ4n) is 3.04. The van der Waals surface area contributed by atoms with Crippen molar-refractivity contribution in [1.29, 1.82) is 0 Å². The maximum Gasteiger partial charge on any atom is 0.296 e. The van der Waals surface area contributed by atoms with Crippen LogP contribution in [0, 0.1) is 10.1 Å². The van der Waals surface area contributed by atoms with Crippen molar-refractivity contribution in [3.05, 3.63) is 64.7 Å². The Hall–Kier alpha value is -3.81. The molecule has 1 heterocycles. The molecule has 1 amide bonds. The number of ether oxygens (including phenoxy) is 3. The number of rotatable bonds is 5. The molecule has 148 valence electrons. The fourth-order valence-corrected chi connectivity index (χ4v) is 3.04. The van der Waals surface area contributed by atoms with Gasteiger partial charge in [-0.2, -0.15) is 0 Å². The summed E-state index contributed by atoms with van der Waals surface area (Å²) in [6.07, 6.45) is 0.670. The van der Waals surface area contributed by atoms with Crippen molar-refractivity contribution >= 4 is 28.1 Å². The van der Waals surface area contributed by atoms with Crippen LogP contribution >= 0.6 is 0 Å². The molecule has 0 saturated carbocycles. The maximum absolute atomic E-state index is 12.3. The van der Waals surface area contributed by atoms with E-state index in [2.05, 4.69) is 5.32 Å². The highest BCUT2D eigenvalue weighted by Gasteiger charge is 2.23. The highest BCUT2D eigenvalue weighted by molar-refractivity contribution is 5.95. The summed E-state index contributed by atoms with van der Waals surface area (Å²) < 4.78 is 16.6. The maximum atomic E-state index is 12.3. The number of nitro groups is 1. The van der Waals surface area contributed by atoms with E-state index in [4.69, 9.17) is 14.2 Å². The van der Waals surface area contributed by atoms with Crippen molar-refractivity contribution in [1.82, 2.24) is 0 Å². The van der Waals surface area contributed by atoms with Crippen LogP contribution in [0.15, 0.2) is 54.6 Å². The lowest BCUT2D eigenvalue weighted by atomic mass is 10.1. The van der Waals surface area contributed by atoms with E-state index in [1.54, 1.807) is 6.07 Å². The SMILES string of the molecule is O=C(COc1ccc2ccccc2c1)Nc1cc2c(cc1[N+](=O)[O-])OCCCO2. The molecular formula is C21H18N2O6. The molecule has 29 heavy (non-hydrogen) atoms. The summed E-state index contributed by atoms with van der Waals surface area (Å²) in [6.45, 7) is 0.558. The van der Waals surface area contributed by atoms with Crippen LogP contribution in [0.5, 0.6) is 17.2 Å². The molecule has 0 saturated heterocycles. The van der Waals surface area contributed by atoms with Crippen LogP contribution in [0.1, 0.15) is 6.42 Å². The van der Waals surface area contributed by atoms with Gasteiger partial charge in [0.25, 0.3) is 11.6 Å². The lowest BCUT2D eigenvalue weighted by Crippen LogP contribution is -2.20. The molecule has 1 N–H and O–H groups in total. The molecule has 4 rings (SSSR count). The molecule has 0 atom stereocenters. The van der Waals surface area contributed by atoms with Crippen molar-refractivity contribution in [2.75, 3.05) is 25.1 Å². The van der Waals surface area contributed by atoms with Crippen molar-refractivity contribution < 1.29 is 23.9 Å². The van der Waals surface area contributed by atoms with Gasteiger partial charge < -0.3 is 19.5 Å². The first-order valence-corrected chi connectivity index (χ1v) is 9.09. The molecular weight excluding hydrogens is 376 g/mol. The van der Waals surface area contributed by atoms with Gasteiger partial charge in [-0.15, -0.1) is 0 Å². The summed E-state index contributed by atoms with van der Waals surface area (Å²) in [5.74, 6) is 0.668. The second kappa shape index (κ2) is 8.05. The number of nitrogens with zero attached hydrogens (tertiary/aromatic N) is 1. The highest BCUT2D eigenvalue weighted by Crippen LogP contribution is 2.39. The molecule has 0 aromatic heterocycles. The van der Waals surface area contributed by atoms with E-state index in [0.717, 1.165) is 10.8 Å². The van der Waals surface area contributed by atoms with Gasteiger partial charge in [0, 0.05) is 12.5 Å². The molecule has 0 spiro atoms. The summed E-state index contributed by atoms with van der Waals surface area (Å²) in [5.41, 5.74) is -0.236. The van der Waals surface area contributed by atoms with Crippen LogP contribution < -0.4 is 19.5 Å². The first kappa shape index (κ1) is 18.5. The fraction of sp³-hybridized carbons (Fsp3) is 0.190. The number of carbonyl (C=O) groups excluding carboxylic acids is 1. The average Bonchev–Trinajstić information content (AvgIpc) is 2.96. The first-order chi connectivity index (χ1) is 14.1. The second-order valence-corrected chi connectivity index (χ2v) is 6.47. The van der Waals surface area contributed by atoms with Crippen LogP contribution in [-0.2, 0) is 4.79 Å². The Morgan fingerprint density at radius 2 is 1.76 bits per heavy atom. The van der Waals surface area contributed by atoms with E-state index in [9.17, 15) is 14.9 Å². The van der Waals surface area contributed by atoms with Gasteiger partial charge in [0.15, 0.2) is 18.1 Å². The first-order valence-electron chi connectivity index (χ1n) is 9.09. The van der Waals surface area contributed by atoms with Gasteiger partial charge in [-0.25, -0.2) is 0 Å². The van der Waals surface area contributed by atoms with E-state index in [0.29, 0.717) is 36.9 Å². The molecule has 0 aliphatic carbocycles. The molecule has 0 radical (unpaired) electrons. The minimum Gasteiger partial charge on any atom is -0.489 e. The lowest BCUT2D eigenvalue weighted by molar-refractivity contribution is -0.384. The summed E-state index contributed by atoms with van der Waals surface area (Å²) in [5, 5.41) is 16.0. The monoisotopic (exact) mass is 394 g/mol. The van der Waals surface area contributed by atoms with Gasteiger partial charge in [-0.05, 0) is 22.9 Å². The zero-order valence-corrected chi connectivity index (χ0v) is 15.4. The number of carbonyl (C=O) groups is 1. The number of benzene rings is 3. The molecule has 8 nitrogen and oxygen atoms in total. The van der Waals surface area contributed by atoms with Crippen LogP contribution in [0.2, 0.25) is 0 Å². The summed E-state index contributed by atoms with van der Waals surface area (Å²) >= 11 is 0. The molecule has 0 unspecified atom stereocenters. The molecule has 1 aliphatic heterocycles. The van der Waals surface area contributed by atoms with Gasteiger partial charge in [0.05, 0.1) is 24.2 Å². The number of hydrogen-bond donors (Lipinski definition) is 1. The van der Waals surface area contributed by atoms with Crippen LogP contribution in [0.4, 0.5) is 11.4 Å². The Kier molecular flexibility index (Phi) is 5.15. The van der Waals surface area contributed by atoms with E-state index >= 15 is 0 Å². The summed E-state index contributed by atoms with van der Waals surface area (Å²) in [4.78, 5) is 23.2. The predicted molar refractivity (Wildman–Crippen MR) is 107 cm³/mol. The van der Waals surface area contributed by atoms with Crippen molar-refractivity contribution in [3.63, 3.8) is 0 Å². The number of fused-ring (bicyclic) bond motifs is 2. The van der Waals surface area contributed by atoms with E-state index in [-0.39, 0.29) is 18.0 Å². The number of nitrogens with one attached hydrogen (secondary N) is 1. The van der Waals surface area contributed by atoms with Gasteiger partial charge in [-0.1, -0.05) is 30.3 Å². The van der Waals surface area contributed by atoms with Gasteiger partial charge in [0.2, 0.25) is 0 Å². The Morgan fingerprint density at radius 3 is 2.52 bits per heavy atom. The van der Waals surface area contributed by atoms with E-state index in [1.807, 2.05) is 36.4 Å². The quantitative estimate of drug-likeness (QED) is 0.520. The lowest BCUT2D eigenvalue weighted by Gasteiger charge is -2.12. The number of nitro benzene ring substituents is 1. The van der Waals surface area contributed by atoms with Crippen molar-refractivity contribution in [2.24, 2.45) is 0 Å². The van der Waals surface area contributed by atoms with Crippen LogP contribution in [0.3, 0.4) is 0 Å². The minimum atomic E-state index is -0.575. The smallest absolute Gasteiger partial charge is 0.296 e. The van der Waals surface area contributed by atoms with E-state index in [1.165, 1.54) is 12.1 Å². The third kappa shape index (κ3) is 4.21. The molecule has 0 fully saturated rings. The zero-order chi connectivity index (χ0) is 20.2. The Labute approximate surface area is 166 Å². The standard InChI is InChI=1S/C21H18N2O6/c24-21(13-29-16-7-6-14-4-1-2-5-15(14)10-16)22-17-11-19-20(12-18(17)23(25)26)28-9-3-8-27-19/h1-2,4-7,10-12H,3,8-9,13H2,(H,22,24). The van der Waals surface area contributed by atoms with Gasteiger partial charge in [0.1, 0.15) is 11.4 Å². The number of amides is 1. The molecule has 3 aromatic rings. The topological polar surface area (TPSA) is 99.9 Å². The Balaban J connectivity index is 1.48. The molecule has 8 heteroatoms. The summed E-state index contributed by atoms with van der Waals surface area (Å²) in [6, 6.07) is 16.0. The molecule has 1 aliphatic rings. The molecule has 3 aromatic carbocycles. The Morgan fingerprint density at radius 1 is 1.03 bits per heavy atom. The van der Waals surface area contributed by atoms with Gasteiger partial charge in [-0.3, -0.25) is 14.9 Å². The van der Waals surface area contributed by atoms with E-state index < -0.39 is 10.8 Å². The normalized spacial score (nSPS) is 12.8. The zero-order valence-electron chi connectivity index (χ0n) is 15.4. The Bertz CT molecular complexity index is 1080. The van der Waals surface area contributed by atoms with Crippen LogP contribution in [0.25, 0.3) is 10.8 Å².